The Labute approximate surface area is 152 Å². The van der Waals surface area contributed by atoms with Crippen molar-refractivity contribution in [3.63, 3.8) is 0 Å². The molecule has 0 aliphatic carbocycles. The number of nitrogens with one attached hydrogen (secondary N) is 2. The van der Waals surface area contributed by atoms with Gasteiger partial charge in [0, 0.05) is 6.04 Å². The maximum Gasteiger partial charge on any atom is 0.250 e. The van der Waals surface area contributed by atoms with Crippen molar-refractivity contribution in [1.29, 1.82) is 0 Å². The molecule has 3 aromatic rings. The highest BCUT2D eigenvalue weighted by Crippen LogP contribution is 2.31. The van der Waals surface area contributed by atoms with Crippen LogP contribution in [0.3, 0.4) is 0 Å². The standard InChI is InChI=1S/C20H21N5O/c1-14-12-17(16-10-6-3-7-11-16)25-20(21-14)23-19(24-25)22-18(26)13-15-8-4-2-5-9-15/h2-11,14,17H,12-13H2,1H3,(H2,21,22,23,24,26)/t14-,17-/m0/s1. The summed E-state index contributed by atoms with van der Waals surface area (Å²) in [5.74, 6) is 0.902. The van der Waals surface area contributed by atoms with Crippen molar-refractivity contribution >= 4 is 17.8 Å². The van der Waals surface area contributed by atoms with Gasteiger partial charge in [-0.15, -0.1) is 5.10 Å². The maximum atomic E-state index is 12.3. The molecule has 1 aliphatic heterocycles. The number of carbonyl (C=O) groups excluding carboxylic acids is 1. The van der Waals surface area contributed by atoms with Crippen LogP contribution in [-0.4, -0.2) is 26.7 Å². The molecule has 0 saturated heterocycles. The highest BCUT2D eigenvalue weighted by molar-refractivity contribution is 5.90. The topological polar surface area (TPSA) is 71.8 Å². The summed E-state index contributed by atoms with van der Waals surface area (Å²) in [6.45, 7) is 2.13. The molecule has 132 valence electrons. The minimum Gasteiger partial charge on any atom is -0.352 e. The van der Waals surface area contributed by atoms with E-state index in [2.05, 4.69) is 39.8 Å². The first kappa shape index (κ1) is 16.3. The van der Waals surface area contributed by atoms with Gasteiger partial charge in [-0.1, -0.05) is 60.7 Å². The summed E-state index contributed by atoms with van der Waals surface area (Å²) in [6.07, 6.45) is 1.22. The summed E-state index contributed by atoms with van der Waals surface area (Å²) in [7, 11) is 0. The molecular weight excluding hydrogens is 326 g/mol. The first-order chi connectivity index (χ1) is 12.7. The smallest absolute Gasteiger partial charge is 0.250 e. The van der Waals surface area contributed by atoms with Crippen molar-refractivity contribution in [2.75, 3.05) is 10.6 Å². The third-order valence-corrected chi connectivity index (χ3v) is 4.52. The SMILES string of the molecule is C[C@H]1C[C@@H](c2ccccc2)n2nc(NC(=O)Cc3ccccc3)nc2N1. The zero-order valence-corrected chi connectivity index (χ0v) is 14.6. The van der Waals surface area contributed by atoms with E-state index in [-0.39, 0.29) is 18.0 Å². The number of nitrogens with zero attached hydrogens (tertiary/aromatic N) is 3. The molecule has 6 nitrogen and oxygen atoms in total. The molecule has 0 fully saturated rings. The van der Waals surface area contributed by atoms with Gasteiger partial charge in [0.15, 0.2) is 0 Å². The van der Waals surface area contributed by atoms with Gasteiger partial charge in [0.2, 0.25) is 11.9 Å². The quantitative estimate of drug-likeness (QED) is 0.760. The predicted octanol–water partition coefficient (Wildman–Crippen LogP) is 3.25. The van der Waals surface area contributed by atoms with E-state index in [4.69, 9.17) is 0 Å². The molecule has 0 radical (unpaired) electrons. The van der Waals surface area contributed by atoms with Crippen LogP contribution in [0, 0.1) is 0 Å². The lowest BCUT2D eigenvalue weighted by molar-refractivity contribution is -0.115. The molecule has 0 unspecified atom stereocenters. The molecule has 0 saturated carbocycles. The van der Waals surface area contributed by atoms with Crippen molar-refractivity contribution in [1.82, 2.24) is 14.8 Å². The summed E-state index contributed by atoms with van der Waals surface area (Å²) < 4.78 is 1.87. The van der Waals surface area contributed by atoms with Gasteiger partial charge in [-0.25, -0.2) is 4.68 Å². The molecule has 26 heavy (non-hydrogen) atoms. The molecule has 2 aromatic carbocycles. The summed E-state index contributed by atoms with van der Waals surface area (Å²) in [5.41, 5.74) is 2.15. The number of rotatable bonds is 4. The fourth-order valence-corrected chi connectivity index (χ4v) is 3.31. The van der Waals surface area contributed by atoms with Gasteiger partial charge < -0.3 is 5.32 Å². The van der Waals surface area contributed by atoms with Crippen molar-refractivity contribution < 1.29 is 4.79 Å². The third kappa shape index (κ3) is 3.44. The van der Waals surface area contributed by atoms with Gasteiger partial charge in [-0.05, 0) is 24.5 Å². The van der Waals surface area contributed by atoms with Gasteiger partial charge in [0.25, 0.3) is 5.95 Å². The van der Waals surface area contributed by atoms with Crippen LogP contribution in [0.5, 0.6) is 0 Å². The second-order valence-corrected chi connectivity index (χ2v) is 6.62. The van der Waals surface area contributed by atoms with Crippen molar-refractivity contribution in [3.05, 3.63) is 71.8 Å². The number of hydrogen-bond donors (Lipinski definition) is 2. The molecular formula is C20H21N5O. The lowest BCUT2D eigenvalue weighted by atomic mass is 9.99. The van der Waals surface area contributed by atoms with Gasteiger partial charge in [-0.2, -0.15) is 4.98 Å². The van der Waals surface area contributed by atoms with Gasteiger partial charge in [-0.3, -0.25) is 10.1 Å². The fraction of sp³-hybridized carbons (Fsp3) is 0.250. The van der Waals surface area contributed by atoms with E-state index in [0.29, 0.717) is 18.3 Å². The van der Waals surface area contributed by atoms with Crippen LogP contribution < -0.4 is 10.6 Å². The summed E-state index contributed by atoms with van der Waals surface area (Å²) >= 11 is 0. The van der Waals surface area contributed by atoms with Crippen molar-refractivity contribution in [2.45, 2.75) is 31.8 Å². The van der Waals surface area contributed by atoms with Crippen LogP contribution >= 0.6 is 0 Å². The summed E-state index contributed by atoms with van der Waals surface area (Å²) in [6, 6.07) is 20.3. The van der Waals surface area contributed by atoms with Gasteiger partial charge in [0.05, 0.1) is 12.5 Å². The van der Waals surface area contributed by atoms with E-state index in [1.807, 2.05) is 53.2 Å². The fourth-order valence-electron chi connectivity index (χ4n) is 3.31. The molecule has 1 amide bonds. The van der Waals surface area contributed by atoms with E-state index >= 15 is 0 Å². The average Bonchev–Trinajstić information content (AvgIpc) is 3.04. The van der Waals surface area contributed by atoms with E-state index in [1.54, 1.807) is 0 Å². The minimum absolute atomic E-state index is 0.106. The van der Waals surface area contributed by atoms with Crippen LogP contribution in [0.4, 0.5) is 11.9 Å². The molecule has 6 heteroatoms. The summed E-state index contributed by atoms with van der Waals surface area (Å²) in [4.78, 5) is 16.8. The minimum atomic E-state index is -0.122. The lowest BCUT2D eigenvalue weighted by Crippen LogP contribution is -2.31. The van der Waals surface area contributed by atoms with Crippen LogP contribution in [0.25, 0.3) is 0 Å². The number of hydrogen-bond acceptors (Lipinski definition) is 4. The van der Waals surface area contributed by atoms with E-state index in [0.717, 1.165) is 12.0 Å². The Kier molecular flexibility index (Phi) is 4.39. The molecule has 4 rings (SSSR count). The van der Waals surface area contributed by atoms with E-state index < -0.39 is 0 Å². The number of fused-ring (bicyclic) bond motifs is 1. The van der Waals surface area contributed by atoms with E-state index in [9.17, 15) is 4.79 Å². The zero-order chi connectivity index (χ0) is 17.9. The number of anilines is 2. The van der Waals surface area contributed by atoms with Crippen LogP contribution in [0.1, 0.15) is 30.5 Å². The molecule has 2 N–H and O–H groups in total. The molecule has 1 aromatic heterocycles. The largest absolute Gasteiger partial charge is 0.352 e. The monoisotopic (exact) mass is 347 g/mol. The molecule has 0 spiro atoms. The Morgan fingerprint density at radius 1 is 1.15 bits per heavy atom. The first-order valence-corrected chi connectivity index (χ1v) is 8.81. The lowest BCUT2D eigenvalue weighted by Gasteiger charge is -2.29. The average molecular weight is 347 g/mol. The number of carbonyl (C=O) groups is 1. The van der Waals surface area contributed by atoms with Gasteiger partial charge >= 0.3 is 0 Å². The summed E-state index contributed by atoms with van der Waals surface area (Å²) in [5, 5.41) is 10.7. The molecule has 0 bridgehead atoms. The molecule has 1 aliphatic rings. The normalized spacial score (nSPS) is 18.7. The molecule has 2 heterocycles. The van der Waals surface area contributed by atoms with Crippen molar-refractivity contribution in [2.24, 2.45) is 0 Å². The van der Waals surface area contributed by atoms with Crippen LogP contribution in [0.15, 0.2) is 60.7 Å². The first-order valence-electron chi connectivity index (χ1n) is 8.81. The second-order valence-electron chi connectivity index (χ2n) is 6.62. The predicted molar refractivity (Wildman–Crippen MR) is 101 cm³/mol. The second kappa shape index (κ2) is 7.00. The van der Waals surface area contributed by atoms with Crippen LogP contribution in [-0.2, 0) is 11.2 Å². The Balaban J connectivity index is 1.54. The third-order valence-electron chi connectivity index (χ3n) is 4.52. The highest BCUT2D eigenvalue weighted by Gasteiger charge is 2.28. The Bertz CT molecular complexity index is 891. The highest BCUT2D eigenvalue weighted by atomic mass is 16.1. The number of benzene rings is 2. The molecule has 2 atom stereocenters. The number of aromatic nitrogens is 3. The van der Waals surface area contributed by atoms with Crippen LogP contribution in [0.2, 0.25) is 0 Å². The zero-order valence-electron chi connectivity index (χ0n) is 14.6. The number of amides is 1. The van der Waals surface area contributed by atoms with E-state index in [1.165, 1.54) is 5.56 Å². The Morgan fingerprint density at radius 2 is 1.85 bits per heavy atom. The van der Waals surface area contributed by atoms with Gasteiger partial charge in [0.1, 0.15) is 0 Å². The Hall–Kier alpha value is -3.15. The maximum absolute atomic E-state index is 12.3. The Morgan fingerprint density at radius 3 is 2.58 bits per heavy atom. The van der Waals surface area contributed by atoms with Crippen molar-refractivity contribution in [3.8, 4) is 0 Å².